The Kier molecular flexibility index (Phi) is 5.97. The molecule has 0 amide bonds. The Morgan fingerprint density at radius 1 is 1.19 bits per heavy atom. The van der Waals surface area contributed by atoms with E-state index < -0.39 is 5.60 Å². The second kappa shape index (κ2) is 7.52. The van der Waals surface area contributed by atoms with Gasteiger partial charge in [0.15, 0.2) is 0 Å². The number of aliphatic hydroxyl groups excluding tert-OH is 1. The maximum absolute atomic E-state index is 11.0. The van der Waals surface area contributed by atoms with Crippen LogP contribution in [0.4, 0.5) is 0 Å². The Morgan fingerprint density at radius 2 is 1.81 bits per heavy atom. The van der Waals surface area contributed by atoms with Gasteiger partial charge in [-0.15, -0.1) is 11.8 Å². The minimum Gasteiger partial charge on any atom is -0.497 e. The molecule has 0 heterocycles. The number of ether oxygens (including phenoxy) is 1. The van der Waals surface area contributed by atoms with Crippen LogP contribution >= 0.6 is 11.8 Å². The van der Waals surface area contributed by atoms with Gasteiger partial charge in [-0.25, -0.2) is 0 Å². The van der Waals surface area contributed by atoms with Crippen molar-refractivity contribution in [1.82, 2.24) is 0 Å². The molecule has 0 radical (unpaired) electrons. The summed E-state index contributed by atoms with van der Waals surface area (Å²) in [6, 6.07) is 7.92. The molecule has 2 N–H and O–H groups in total. The minimum absolute atomic E-state index is 0.0243. The van der Waals surface area contributed by atoms with E-state index in [0.29, 0.717) is 0 Å². The highest BCUT2D eigenvalue weighted by Crippen LogP contribution is 2.43. The minimum atomic E-state index is -0.662. The molecule has 0 unspecified atom stereocenters. The Bertz CT molecular complexity index is 426. The van der Waals surface area contributed by atoms with Crippen LogP contribution in [-0.4, -0.2) is 34.8 Å². The summed E-state index contributed by atoms with van der Waals surface area (Å²) >= 11 is 1.68. The van der Waals surface area contributed by atoms with E-state index in [-0.39, 0.29) is 17.8 Å². The van der Waals surface area contributed by atoms with Gasteiger partial charge < -0.3 is 14.9 Å². The van der Waals surface area contributed by atoms with Crippen LogP contribution in [0.25, 0.3) is 0 Å². The molecule has 1 aliphatic carbocycles. The van der Waals surface area contributed by atoms with E-state index in [1.165, 1.54) is 6.42 Å². The summed E-state index contributed by atoms with van der Waals surface area (Å²) in [4.78, 5) is 1.11. The van der Waals surface area contributed by atoms with Gasteiger partial charge in [-0.2, -0.15) is 0 Å². The summed E-state index contributed by atoms with van der Waals surface area (Å²) in [5.41, 5.74) is -0.662. The second-order valence-electron chi connectivity index (χ2n) is 6.04. The zero-order chi connectivity index (χ0) is 15.3. The largest absolute Gasteiger partial charge is 0.497 e. The van der Waals surface area contributed by atoms with E-state index in [1.807, 2.05) is 31.2 Å². The molecule has 2 atom stereocenters. The molecular formula is C17H26O3S. The lowest BCUT2D eigenvalue weighted by molar-refractivity contribution is -0.0150. The smallest absolute Gasteiger partial charge is 0.118 e. The first-order valence-corrected chi connectivity index (χ1v) is 8.61. The fourth-order valence-corrected chi connectivity index (χ4v) is 4.46. The number of hydrogen-bond donors (Lipinski definition) is 2. The summed E-state index contributed by atoms with van der Waals surface area (Å²) in [5.74, 6) is 0.905. The Balaban J connectivity index is 2.15. The summed E-state index contributed by atoms with van der Waals surface area (Å²) in [6.07, 6.45) is 5.04. The molecule has 1 fully saturated rings. The van der Waals surface area contributed by atoms with E-state index in [1.54, 1.807) is 18.9 Å². The topological polar surface area (TPSA) is 49.7 Å². The quantitative estimate of drug-likeness (QED) is 0.790. The van der Waals surface area contributed by atoms with Crippen LogP contribution in [0.15, 0.2) is 29.2 Å². The number of thioether (sulfide) groups is 1. The van der Waals surface area contributed by atoms with Crippen LogP contribution < -0.4 is 4.74 Å². The summed E-state index contributed by atoms with van der Waals surface area (Å²) in [6.45, 7) is 2.13. The van der Waals surface area contributed by atoms with Gasteiger partial charge in [-0.3, -0.25) is 0 Å². The molecule has 1 aromatic rings. The molecule has 0 spiro atoms. The maximum Gasteiger partial charge on any atom is 0.118 e. The van der Waals surface area contributed by atoms with Crippen LogP contribution in [0.1, 0.15) is 39.0 Å². The average Bonchev–Trinajstić information content (AvgIpc) is 2.53. The van der Waals surface area contributed by atoms with Crippen LogP contribution in [0, 0.1) is 5.92 Å². The lowest BCUT2D eigenvalue weighted by atomic mass is 9.79. The molecule has 1 aliphatic rings. The van der Waals surface area contributed by atoms with Crippen molar-refractivity contribution >= 4 is 11.8 Å². The number of hydrogen-bond acceptors (Lipinski definition) is 4. The zero-order valence-corrected chi connectivity index (χ0v) is 13.7. The van der Waals surface area contributed by atoms with Crippen molar-refractivity contribution < 1.29 is 14.9 Å². The molecule has 118 valence electrons. The van der Waals surface area contributed by atoms with Crippen LogP contribution in [0.3, 0.4) is 0 Å². The fourth-order valence-electron chi connectivity index (χ4n) is 3.10. The van der Waals surface area contributed by atoms with E-state index in [0.717, 1.165) is 36.3 Å². The predicted molar refractivity (Wildman–Crippen MR) is 86.9 cm³/mol. The number of methoxy groups -OCH3 is 1. The van der Waals surface area contributed by atoms with Crippen molar-refractivity contribution in [1.29, 1.82) is 0 Å². The van der Waals surface area contributed by atoms with Gasteiger partial charge in [0.05, 0.1) is 12.7 Å². The SMILES string of the molecule is COc1ccc(S[C@H]([C@H](C)CO)C2(O)CCCCC2)cc1. The molecule has 0 aromatic heterocycles. The molecule has 0 aliphatic heterocycles. The van der Waals surface area contributed by atoms with E-state index in [9.17, 15) is 10.2 Å². The molecule has 0 bridgehead atoms. The molecule has 21 heavy (non-hydrogen) atoms. The van der Waals surface area contributed by atoms with Crippen molar-refractivity contribution in [3.63, 3.8) is 0 Å². The fraction of sp³-hybridized carbons (Fsp3) is 0.647. The zero-order valence-electron chi connectivity index (χ0n) is 12.9. The van der Waals surface area contributed by atoms with Crippen molar-refractivity contribution in [2.45, 2.75) is 54.8 Å². The van der Waals surface area contributed by atoms with Crippen LogP contribution in [0.5, 0.6) is 5.75 Å². The normalized spacial score (nSPS) is 20.8. The van der Waals surface area contributed by atoms with Gasteiger partial charge in [0.2, 0.25) is 0 Å². The van der Waals surface area contributed by atoms with Crippen molar-refractivity contribution in [2.24, 2.45) is 5.92 Å². The summed E-state index contributed by atoms with van der Waals surface area (Å²) < 4.78 is 5.18. The van der Waals surface area contributed by atoms with Crippen LogP contribution in [-0.2, 0) is 0 Å². The first-order valence-electron chi connectivity index (χ1n) is 7.73. The lowest BCUT2D eigenvalue weighted by Gasteiger charge is -2.41. The standard InChI is InChI=1S/C17H26O3S/c1-13(12-18)16(17(19)10-4-3-5-11-17)21-15-8-6-14(20-2)7-9-15/h6-9,13,16,18-19H,3-5,10-12H2,1-2H3/t13-,16-/m1/s1. The highest BCUT2D eigenvalue weighted by atomic mass is 32.2. The van der Waals surface area contributed by atoms with E-state index in [4.69, 9.17) is 4.74 Å². The Labute approximate surface area is 131 Å². The Hall–Kier alpha value is -0.710. The van der Waals surface area contributed by atoms with Gasteiger partial charge in [-0.1, -0.05) is 26.2 Å². The number of aliphatic hydroxyl groups is 2. The molecule has 3 nitrogen and oxygen atoms in total. The lowest BCUT2D eigenvalue weighted by Crippen LogP contribution is -2.46. The summed E-state index contributed by atoms with van der Waals surface area (Å²) in [5, 5.41) is 20.6. The van der Waals surface area contributed by atoms with Crippen molar-refractivity contribution in [3.8, 4) is 5.75 Å². The van der Waals surface area contributed by atoms with Gasteiger partial charge in [0.1, 0.15) is 5.75 Å². The molecule has 0 saturated heterocycles. The van der Waals surface area contributed by atoms with E-state index in [2.05, 4.69) is 0 Å². The van der Waals surface area contributed by atoms with Gasteiger partial charge >= 0.3 is 0 Å². The highest BCUT2D eigenvalue weighted by molar-refractivity contribution is 8.00. The first kappa shape index (κ1) is 16.7. The van der Waals surface area contributed by atoms with Crippen molar-refractivity contribution in [3.05, 3.63) is 24.3 Å². The van der Waals surface area contributed by atoms with Gasteiger partial charge in [0.25, 0.3) is 0 Å². The molecule has 1 saturated carbocycles. The van der Waals surface area contributed by atoms with E-state index >= 15 is 0 Å². The monoisotopic (exact) mass is 310 g/mol. The van der Waals surface area contributed by atoms with Gasteiger partial charge in [0, 0.05) is 16.8 Å². The number of benzene rings is 1. The molecule has 1 aromatic carbocycles. The maximum atomic E-state index is 11.0. The highest BCUT2D eigenvalue weighted by Gasteiger charge is 2.41. The third-order valence-electron chi connectivity index (χ3n) is 4.38. The molecular weight excluding hydrogens is 284 g/mol. The predicted octanol–water partition coefficient (Wildman–Crippen LogP) is 3.48. The summed E-state index contributed by atoms with van der Waals surface area (Å²) in [7, 11) is 1.66. The first-order chi connectivity index (χ1) is 10.1. The number of rotatable bonds is 6. The third-order valence-corrected chi connectivity index (χ3v) is 6.08. The second-order valence-corrected chi connectivity index (χ2v) is 7.25. The third kappa shape index (κ3) is 4.15. The Morgan fingerprint density at radius 3 is 2.33 bits per heavy atom. The van der Waals surface area contributed by atoms with Crippen molar-refractivity contribution in [2.75, 3.05) is 13.7 Å². The van der Waals surface area contributed by atoms with Gasteiger partial charge in [-0.05, 0) is 43.0 Å². The average molecular weight is 310 g/mol. The van der Waals surface area contributed by atoms with Crippen LogP contribution in [0.2, 0.25) is 0 Å². The molecule has 2 rings (SSSR count). The molecule has 4 heteroatoms.